The van der Waals surface area contributed by atoms with Gasteiger partial charge in [0.15, 0.2) is 5.78 Å². The summed E-state index contributed by atoms with van der Waals surface area (Å²) >= 11 is 1.59. The number of thiophene rings is 1. The molecule has 3 rings (SSSR count). The molecular formula is C14H18N6OS. The van der Waals surface area contributed by atoms with Crippen molar-refractivity contribution in [2.24, 2.45) is 0 Å². The molecule has 0 radical (unpaired) electrons. The third-order valence-electron chi connectivity index (χ3n) is 3.59. The number of Topliss-reactive ketones (excluding diaryl/α,β-unsaturated/α-hetero) is 1. The number of nitrogens with one attached hydrogen (secondary N) is 1. The minimum absolute atomic E-state index is 0.123. The number of rotatable bonds is 4. The number of nitrogen functional groups attached to an aromatic ring is 2. The number of nitrogens with two attached hydrogens (primary N) is 2. The van der Waals surface area contributed by atoms with E-state index in [-0.39, 0.29) is 17.8 Å². The summed E-state index contributed by atoms with van der Waals surface area (Å²) in [4.78, 5) is 23.8. The summed E-state index contributed by atoms with van der Waals surface area (Å²) in [5.74, 6) is 1.20. The van der Waals surface area contributed by atoms with E-state index in [1.165, 1.54) is 0 Å². The summed E-state index contributed by atoms with van der Waals surface area (Å²) in [5, 5.41) is 5.24. The summed E-state index contributed by atoms with van der Waals surface area (Å²) in [5.41, 5.74) is 11.4. The number of aromatic nitrogens is 2. The Morgan fingerprint density at radius 1 is 1.45 bits per heavy atom. The molecule has 1 aliphatic heterocycles. The van der Waals surface area contributed by atoms with Gasteiger partial charge < -0.3 is 21.7 Å². The third-order valence-corrected chi connectivity index (χ3v) is 4.46. The molecule has 2 aromatic heterocycles. The first-order valence-corrected chi connectivity index (χ1v) is 7.94. The molecule has 7 nitrogen and oxygen atoms in total. The SMILES string of the molecule is Nc1cc(N2CCNCC2C(=O)Cc2cccs2)nc(N)n1. The third kappa shape index (κ3) is 3.18. The van der Waals surface area contributed by atoms with Crippen molar-refractivity contribution in [3.8, 4) is 0 Å². The second-order valence-corrected chi connectivity index (χ2v) is 6.18. The number of anilines is 3. The summed E-state index contributed by atoms with van der Waals surface area (Å²) < 4.78 is 0. The van der Waals surface area contributed by atoms with Gasteiger partial charge in [-0.25, -0.2) is 0 Å². The largest absolute Gasteiger partial charge is 0.383 e. The molecule has 0 bridgehead atoms. The van der Waals surface area contributed by atoms with Gasteiger partial charge in [0, 0.05) is 37.0 Å². The van der Waals surface area contributed by atoms with Gasteiger partial charge in [0.25, 0.3) is 0 Å². The highest BCUT2D eigenvalue weighted by atomic mass is 32.1. The fourth-order valence-corrected chi connectivity index (χ4v) is 3.30. The molecule has 0 aliphatic carbocycles. The van der Waals surface area contributed by atoms with Gasteiger partial charge in [-0.1, -0.05) is 6.07 Å². The van der Waals surface area contributed by atoms with Crippen molar-refractivity contribution in [1.29, 1.82) is 0 Å². The van der Waals surface area contributed by atoms with Gasteiger partial charge in [0.2, 0.25) is 5.95 Å². The van der Waals surface area contributed by atoms with Crippen LogP contribution in [0.4, 0.5) is 17.6 Å². The quantitative estimate of drug-likeness (QED) is 0.743. The minimum Gasteiger partial charge on any atom is -0.383 e. The van der Waals surface area contributed by atoms with Crippen LogP contribution in [0.1, 0.15) is 4.88 Å². The molecule has 5 N–H and O–H groups in total. The van der Waals surface area contributed by atoms with Crippen molar-refractivity contribution in [3.05, 3.63) is 28.5 Å². The molecule has 8 heteroatoms. The number of nitrogens with zero attached hydrogens (tertiary/aromatic N) is 3. The summed E-state index contributed by atoms with van der Waals surface area (Å²) in [6, 6.07) is 5.32. The fourth-order valence-electron chi connectivity index (χ4n) is 2.59. The highest BCUT2D eigenvalue weighted by Gasteiger charge is 2.30. The Bertz CT molecular complexity index is 639. The number of carbonyl (C=O) groups excluding carboxylic acids is 1. The normalized spacial score (nSPS) is 18.4. The predicted octanol–water partition coefficient (Wildman–Crippen LogP) is 0.292. The van der Waals surface area contributed by atoms with Gasteiger partial charge >= 0.3 is 0 Å². The number of piperazine rings is 1. The summed E-state index contributed by atoms with van der Waals surface area (Å²) in [6.07, 6.45) is 0.427. The van der Waals surface area contributed by atoms with Crippen LogP contribution >= 0.6 is 11.3 Å². The smallest absolute Gasteiger partial charge is 0.223 e. The highest BCUT2D eigenvalue weighted by molar-refractivity contribution is 7.10. The van der Waals surface area contributed by atoms with Crippen molar-refractivity contribution in [2.75, 3.05) is 36.0 Å². The first-order valence-electron chi connectivity index (χ1n) is 7.06. The van der Waals surface area contributed by atoms with E-state index in [1.807, 2.05) is 22.4 Å². The Hall–Kier alpha value is -2.19. The zero-order chi connectivity index (χ0) is 15.5. The first kappa shape index (κ1) is 14.7. The maximum Gasteiger partial charge on any atom is 0.223 e. The van der Waals surface area contributed by atoms with Crippen LogP contribution in [0.5, 0.6) is 0 Å². The van der Waals surface area contributed by atoms with Crippen LogP contribution in [0.2, 0.25) is 0 Å². The maximum atomic E-state index is 12.6. The van der Waals surface area contributed by atoms with E-state index in [2.05, 4.69) is 15.3 Å². The second-order valence-electron chi connectivity index (χ2n) is 5.14. The molecule has 22 heavy (non-hydrogen) atoms. The molecule has 1 atom stereocenters. The van der Waals surface area contributed by atoms with Crippen LogP contribution in [0, 0.1) is 0 Å². The Labute approximate surface area is 132 Å². The van der Waals surface area contributed by atoms with Gasteiger partial charge in [-0.15, -0.1) is 11.3 Å². The van der Waals surface area contributed by atoms with E-state index in [9.17, 15) is 4.79 Å². The molecule has 0 saturated carbocycles. The molecule has 1 fully saturated rings. The van der Waals surface area contributed by atoms with Crippen molar-refractivity contribution >= 4 is 34.7 Å². The molecular weight excluding hydrogens is 300 g/mol. The molecule has 2 aromatic rings. The summed E-state index contributed by atoms with van der Waals surface area (Å²) in [7, 11) is 0. The lowest BCUT2D eigenvalue weighted by Gasteiger charge is -2.36. The zero-order valence-electron chi connectivity index (χ0n) is 12.0. The first-order chi connectivity index (χ1) is 10.6. The average Bonchev–Trinajstić information content (AvgIpc) is 2.99. The average molecular weight is 318 g/mol. The van der Waals surface area contributed by atoms with Crippen LogP contribution in [0.3, 0.4) is 0 Å². The van der Waals surface area contributed by atoms with E-state index in [0.717, 1.165) is 11.4 Å². The number of ketones is 1. The fraction of sp³-hybridized carbons (Fsp3) is 0.357. The number of hydrogen-bond donors (Lipinski definition) is 3. The van der Waals surface area contributed by atoms with Crippen LogP contribution in [0.25, 0.3) is 0 Å². The van der Waals surface area contributed by atoms with E-state index in [0.29, 0.717) is 31.1 Å². The van der Waals surface area contributed by atoms with Gasteiger partial charge in [-0.2, -0.15) is 9.97 Å². The number of hydrogen-bond acceptors (Lipinski definition) is 8. The maximum absolute atomic E-state index is 12.6. The lowest BCUT2D eigenvalue weighted by molar-refractivity contribution is -0.119. The van der Waals surface area contributed by atoms with Crippen LogP contribution in [0.15, 0.2) is 23.6 Å². The molecule has 3 heterocycles. The van der Waals surface area contributed by atoms with E-state index in [4.69, 9.17) is 11.5 Å². The standard InChI is InChI=1S/C14H18N6OS/c15-12-7-13(19-14(16)18-12)20-4-3-17-8-10(20)11(21)6-9-2-1-5-22-9/h1-2,5,7,10,17H,3-4,6,8H2,(H4,15,16,18,19). The molecule has 1 saturated heterocycles. The van der Waals surface area contributed by atoms with E-state index < -0.39 is 0 Å². The highest BCUT2D eigenvalue weighted by Crippen LogP contribution is 2.21. The summed E-state index contributed by atoms with van der Waals surface area (Å²) in [6.45, 7) is 2.05. The molecule has 0 aromatic carbocycles. The van der Waals surface area contributed by atoms with Crippen LogP contribution in [-0.4, -0.2) is 41.4 Å². The monoisotopic (exact) mass is 318 g/mol. The topological polar surface area (TPSA) is 110 Å². The molecule has 0 spiro atoms. The Balaban J connectivity index is 1.82. The second kappa shape index (κ2) is 6.29. The van der Waals surface area contributed by atoms with Crippen LogP contribution < -0.4 is 21.7 Å². The predicted molar refractivity (Wildman–Crippen MR) is 87.9 cm³/mol. The zero-order valence-corrected chi connectivity index (χ0v) is 12.8. The number of carbonyl (C=O) groups is 1. The van der Waals surface area contributed by atoms with Gasteiger partial charge in [-0.05, 0) is 11.4 Å². The van der Waals surface area contributed by atoms with E-state index in [1.54, 1.807) is 17.4 Å². The Morgan fingerprint density at radius 2 is 2.32 bits per heavy atom. The van der Waals surface area contributed by atoms with Gasteiger partial charge in [0.1, 0.15) is 17.7 Å². The van der Waals surface area contributed by atoms with Gasteiger partial charge in [0.05, 0.1) is 0 Å². The van der Waals surface area contributed by atoms with Crippen molar-refractivity contribution in [3.63, 3.8) is 0 Å². The van der Waals surface area contributed by atoms with Crippen molar-refractivity contribution in [2.45, 2.75) is 12.5 Å². The molecule has 1 unspecified atom stereocenters. The van der Waals surface area contributed by atoms with Gasteiger partial charge in [-0.3, -0.25) is 4.79 Å². The van der Waals surface area contributed by atoms with Crippen molar-refractivity contribution in [1.82, 2.24) is 15.3 Å². The Morgan fingerprint density at radius 3 is 3.05 bits per heavy atom. The van der Waals surface area contributed by atoms with Crippen LogP contribution in [-0.2, 0) is 11.2 Å². The van der Waals surface area contributed by atoms with E-state index >= 15 is 0 Å². The molecule has 1 aliphatic rings. The van der Waals surface area contributed by atoms with Crippen molar-refractivity contribution < 1.29 is 4.79 Å². The molecule has 0 amide bonds. The Kier molecular flexibility index (Phi) is 4.21. The lowest BCUT2D eigenvalue weighted by Crippen LogP contribution is -2.55. The minimum atomic E-state index is -0.274. The molecule has 116 valence electrons. The lowest BCUT2D eigenvalue weighted by atomic mass is 10.0.